The fourth-order valence-electron chi connectivity index (χ4n) is 3.17. The van der Waals surface area contributed by atoms with Crippen LogP contribution in [-0.4, -0.2) is 24.5 Å². The van der Waals surface area contributed by atoms with Crippen LogP contribution in [0.25, 0.3) is 0 Å². The molecule has 0 fully saturated rings. The SMILES string of the molecule is Cc1ccc(NC(=O)NC(=O)COC(=O)c2ccccc2Cc2ccccc2)c(C)c1. The molecule has 0 aliphatic heterocycles. The third-order valence-electron chi connectivity index (χ3n) is 4.69. The van der Waals surface area contributed by atoms with Gasteiger partial charge in [-0.25, -0.2) is 9.59 Å². The minimum Gasteiger partial charge on any atom is -0.452 e. The first-order chi connectivity index (χ1) is 14.9. The summed E-state index contributed by atoms with van der Waals surface area (Å²) in [6.07, 6.45) is 0.566. The van der Waals surface area contributed by atoms with E-state index in [1.165, 1.54) is 0 Å². The lowest BCUT2D eigenvalue weighted by Gasteiger charge is -2.11. The number of ether oxygens (including phenoxy) is 1. The molecule has 0 radical (unpaired) electrons. The van der Waals surface area contributed by atoms with Crippen LogP contribution in [0.3, 0.4) is 0 Å². The molecule has 0 saturated heterocycles. The molecule has 0 saturated carbocycles. The van der Waals surface area contributed by atoms with Crippen molar-refractivity contribution in [2.75, 3.05) is 11.9 Å². The number of urea groups is 1. The Labute approximate surface area is 181 Å². The average Bonchev–Trinajstić information content (AvgIpc) is 2.75. The van der Waals surface area contributed by atoms with Crippen LogP contribution in [0.2, 0.25) is 0 Å². The van der Waals surface area contributed by atoms with E-state index in [2.05, 4.69) is 10.6 Å². The molecule has 0 aromatic heterocycles. The van der Waals surface area contributed by atoms with Gasteiger partial charge in [0.05, 0.1) is 5.56 Å². The van der Waals surface area contributed by atoms with Gasteiger partial charge in [0.25, 0.3) is 5.91 Å². The second kappa shape index (κ2) is 10.2. The first-order valence-electron chi connectivity index (χ1n) is 9.89. The molecule has 31 heavy (non-hydrogen) atoms. The Morgan fingerprint density at radius 3 is 2.32 bits per heavy atom. The van der Waals surface area contributed by atoms with Crippen molar-refractivity contribution in [3.05, 3.63) is 101 Å². The van der Waals surface area contributed by atoms with Gasteiger partial charge in [0.15, 0.2) is 6.61 Å². The van der Waals surface area contributed by atoms with Crippen LogP contribution in [0.1, 0.15) is 32.6 Å². The maximum Gasteiger partial charge on any atom is 0.338 e. The number of hydrogen-bond acceptors (Lipinski definition) is 4. The normalized spacial score (nSPS) is 10.3. The van der Waals surface area contributed by atoms with Crippen LogP contribution in [0.5, 0.6) is 0 Å². The van der Waals surface area contributed by atoms with Crippen LogP contribution in [0.4, 0.5) is 10.5 Å². The fraction of sp³-hybridized carbons (Fsp3) is 0.160. The Morgan fingerprint density at radius 2 is 1.58 bits per heavy atom. The lowest BCUT2D eigenvalue weighted by atomic mass is 10.00. The van der Waals surface area contributed by atoms with Gasteiger partial charge in [0, 0.05) is 5.69 Å². The molecule has 158 valence electrons. The Hall–Kier alpha value is -3.93. The first kappa shape index (κ1) is 21.8. The van der Waals surface area contributed by atoms with E-state index in [9.17, 15) is 14.4 Å². The number of nitrogens with one attached hydrogen (secondary N) is 2. The fourth-order valence-corrected chi connectivity index (χ4v) is 3.17. The van der Waals surface area contributed by atoms with E-state index in [4.69, 9.17) is 4.74 Å². The van der Waals surface area contributed by atoms with Crippen LogP contribution in [-0.2, 0) is 16.0 Å². The van der Waals surface area contributed by atoms with Crippen molar-refractivity contribution in [2.45, 2.75) is 20.3 Å². The molecule has 0 unspecified atom stereocenters. The summed E-state index contributed by atoms with van der Waals surface area (Å²) < 4.78 is 5.13. The monoisotopic (exact) mass is 416 g/mol. The lowest BCUT2D eigenvalue weighted by Crippen LogP contribution is -2.37. The molecule has 3 rings (SSSR count). The molecule has 0 bridgehead atoms. The van der Waals surface area contributed by atoms with Crippen LogP contribution < -0.4 is 10.6 Å². The Balaban J connectivity index is 1.54. The Morgan fingerprint density at radius 1 is 0.871 bits per heavy atom. The highest BCUT2D eigenvalue weighted by molar-refractivity contribution is 6.02. The van der Waals surface area contributed by atoms with E-state index in [0.717, 1.165) is 22.3 Å². The number of imide groups is 1. The van der Waals surface area contributed by atoms with E-state index in [1.807, 2.05) is 68.4 Å². The molecule has 6 nitrogen and oxygen atoms in total. The van der Waals surface area contributed by atoms with Crippen molar-refractivity contribution in [3.8, 4) is 0 Å². The molecule has 6 heteroatoms. The van der Waals surface area contributed by atoms with Gasteiger partial charge < -0.3 is 10.1 Å². The van der Waals surface area contributed by atoms with Gasteiger partial charge in [-0.05, 0) is 49.1 Å². The number of carbonyl (C=O) groups excluding carboxylic acids is 3. The second-order valence-electron chi connectivity index (χ2n) is 7.22. The van der Waals surface area contributed by atoms with Gasteiger partial charge >= 0.3 is 12.0 Å². The zero-order valence-electron chi connectivity index (χ0n) is 17.5. The Bertz CT molecular complexity index is 1090. The number of anilines is 1. The molecule has 0 atom stereocenters. The van der Waals surface area contributed by atoms with Gasteiger partial charge in [-0.2, -0.15) is 0 Å². The minimum atomic E-state index is -0.712. The number of carbonyl (C=O) groups is 3. The van der Waals surface area contributed by atoms with E-state index in [0.29, 0.717) is 17.7 Å². The summed E-state index contributed by atoms with van der Waals surface area (Å²) >= 11 is 0. The van der Waals surface area contributed by atoms with Crippen molar-refractivity contribution in [1.82, 2.24) is 5.32 Å². The largest absolute Gasteiger partial charge is 0.452 e. The lowest BCUT2D eigenvalue weighted by molar-refractivity contribution is -0.123. The van der Waals surface area contributed by atoms with E-state index >= 15 is 0 Å². The quantitative estimate of drug-likeness (QED) is 0.584. The van der Waals surface area contributed by atoms with Crippen molar-refractivity contribution in [2.24, 2.45) is 0 Å². The first-order valence-corrected chi connectivity index (χ1v) is 9.89. The van der Waals surface area contributed by atoms with Gasteiger partial charge in [-0.15, -0.1) is 0 Å². The highest BCUT2D eigenvalue weighted by atomic mass is 16.5. The predicted octanol–water partition coefficient (Wildman–Crippen LogP) is 4.40. The average molecular weight is 416 g/mol. The highest BCUT2D eigenvalue weighted by Crippen LogP contribution is 2.16. The minimum absolute atomic E-state index is 0.388. The van der Waals surface area contributed by atoms with Crippen LogP contribution in [0.15, 0.2) is 72.8 Å². The van der Waals surface area contributed by atoms with E-state index in [1.54, 1.807) is 18.2 Å². The maximum absolute atomic E-state index is 12.5. The number of esters is 1. The van der Waals surface area contributed by atoms with Gasteiger partial charge in [-0.1, -0.05) is 66.2 Å². The molecule has 0 aliphatic rings. The molecular weight excluding hydrogens is 392 g/mol. The zero-order chi connectivity index (χ0) is 22.2. The van der Waals surface area contributed by atoms with E-state index < -0.39 is 24.5 Å². The van der Waals surface area contributed by atoms with Crippen molar-refractivity contribution < 1.29 is 19.1 Å². The predicted molar refractivity (Wildman–Crippen MR) is 119 cm³/mol. The molecule has 0 spiro atoms. The van der Waals surface area contributed by atoms with Gasteiger partial charge in [-0.3, -0.25) is 10.1 Å². The van der Waals surface area contributed by atoms with Crippen molar-refractivity contribution >= 4 is 23.6 Å². The van der Waals surface area contributed by atoms with Crippen LogP contribution in [0, 0.1) is 13.8 Å². The molecule has 3 amide bonds. The topological polar surface area (TPSA) is 84.5 Å². The Kier molecular flexibility index (Phi) is 7.17. The maximum atomic E-state index is 12.5. The van der Waals surface area contributed by atoms with Gasteiger partial charge in [0.2, 0.25) is 0 Å². The molecule has 3 aromatic rings. The van der Waals surface area contributed by atoms with Crippen molar-refractivity contribution in [3.63, 3.8) is 0 Å². The molecular formula is C25H24N2O4. The summed E-state index contributed by atoms with van der Waals surface area (Å²) in [6, 6.07) is 21.7. The third-order valence-corrected chi connectivity index (χ3v) is 4.69. The number of benzene rings is 3. The van der Waals surface area contributed by atoms with Gasteiger partial charge in [0.1, 0.15) is 0 Å². The summed E-state index contributed by atoms with van der Waals surface area (Å²) in [5.74, 6) is -1.33. The molecule has 3 aromatic carbocycles. The summed E-state index contributed by atoms with van der Waals surface area (Å²) in [5, 5.41) is 4.78. The van der Waals surface area contributed by atoms with E-state index in [-0.39, 0.29) is 0 Å². The smallest absolute Gasteiger partial charge is 0.338 e. The standard InChI is InChI=1S/C25H24N2O4/c1-17-12-13-22(18(2)14-17)26-25(30)27-23(28)16-31-24(29)21-11-7-6-10-20(21)15-19-8-4-3-5-9-19/h3-14H,15-16H2,1-2H3,(H2,26,27,28,30). The molecule has 2 N–H and O–H groups in total. The summed E-state index contributed by atoms with van der Waals surface area (Å²) in [4.78, 5) is 36.6. The summed E-state index contributed by atoms with van der Waals surface area (Å²) in [6.45, 7) is 3.25. The molecule has 0 heterocycles. The molecule has 0 aliphatic carbocycles. The number of hydrogen-bond donors (Lipinski definition) is 2. The highest BCUT2D eigenvalue weighted by Gasteiger charge is 2.16. The zero-order valence-corrected chi connectivity index (χ0v) is 17.5. The number of rotatable bonds is 6. The third kappa shape index (κ3) is 6.27. The van der Waals surface area contributed by atoms with Crippen LogP contribution >= 0.6 is 0 Å². The summed E-state index contributed by atoms with van der Waals surface area (Å²) in [5.41, 5.74) is 4.79. The number of aryl methyl sites for hydroxylation is 2. The summed E-state index contributed by atoms with van der Waals surface area (Å²) in [7, 11) is 0. The number of amides is 3. The van der Waals surface area contributed by atoms with Crippen molar-refractivity contribution in [1.29, 1.82) is 0 Å². The second-order valence-corrected chi connectivity index (χ2v) is 7.22.